The summed E-state index contributed by atoms with van der Waals surface area (Å²) in [6, 6.07) is -0.531. The van der Waals surface area contributed by atoms with Crippen LogP contribution in [0.15, 0.2) is 12.2 Å². The maximum Gasteiger partial charge on any atom is 0.220 e. The molecule has 0 aliphatic carbocycles. The van der Waals surface area contributed by atoms with E-state index in [0.29, 0.717) is 12.8 Å². The summed E-state index contributed by atoms with van der Waals surface area (Å²) in [5, 5.41) is 22.6. The first-order valence-electron chi connectivity index (χ1n) is 13.9. The van der Waals surface area contributed by atoms with Gasteiger partial charge in [0.2, 0.25) is 5.91 Å². The minimum absolute atomic E-state index is 0.0482. The van der Waals surface area contributed by atoms with E-state index >= 15 is 0 Å². The molecule has 0 saturated heterocycles. The summed E-state index contributed by atoms with van der Waals surface area (Å²) >= 11 is 0. The van der Waals surface area contributed by atoms with Gasteiger partial charge in [0, 0.05) is 6.42 Å². The van der Waals surface area contributed by atoms with Gasteiger partial charge in [-0.15, -0.1) is 0 Å². The molecule has 0 heterocycles. The summed E-state index contributed by atoms with van der Waals surface area (Å²) in [6.07, 6.45) is 26.9. The lowest BCUT2D eigenvalue weighted by atomic mass is 10.0. The van der Waals surface area contributed by atoms with Crippen molar-refractivity contribution in [2.24, 2.45) is 0 Å². The van der Waals surface area contributed by atoms with Crippen LogP contribution in [0.2, 0.25) is 0 Å². The number of carbonyl (C=O) groups excluding carboxylic acids is 1. The van der Waals surface area contributed by atoms with Crippen LogP contribution in [0, 0.1) is 0 Å². The van der Waals surface area contributed by atoms with E-state index in [-0.39, 0.29) is 12.5 Å². The van der Waals surface area contributed by atoms with Gasteiger partial charge in [0.1, 0.15) is 0 Å². The van der Waals surface area contributed by atoms with Crippen LogP contribution in [-0.2, 0) is 4.79 Å². The van der Waals surface area contributed by atoms with Crippen molar-refractivity contribution in [1.82, 2.24) is 5.32 Å². The first-order valence-corrected chi connectivity index (χ1v) is 13.9. The fourth-order valence-electron chi connectivity index (χ4n) is 4.06. The predicted molar refractivity (Wildman–Crippen MR) is 138 cm³/mol. The Labute approximate surface area is 199 Å². The standard InChI is InChI=1S/C28H55NO3/c1-3-5-7-9-11-12-13-14-15-16-17-18-20-22-24-28(32)29-26(25-30)27(31)23-21-19-10-8-6-4-2/h13-14,26-27,30-31H,3-12,15-25H2,1-2H3,(H,29,32)/b14-13-. The second-order valence-corrected chi connectivity index (χ2v) is 9.46. The Kier molecular flexibility index (Phi) is 24.1. The molecule has 0 spiro atoms. The molecule has 0 aliphatic heterocycles. The van der Waals surface area contributed by atoms with Crippen LogP contribution in [0.5, 0.6) is 0 Å². The molecule has 4 nitrogen and oxygen atoms in total. The van der Waals surface area contributed by atoms with Crippen molar-refractivity contribution >= 4 is 5.91 Å². The van der Waals surface area contributed by atoms with Crippen molar-refractivity contribution in [1.29, 1.82) is 0 Å². The van der Waals surface area contributed by atoms with Gasteiger partial charge in [0.25, 0.3) is 0 Å². The minimum atomic E-state index is -0.653. The molecule has 0 aromatic heterocycles. The topological polar surface area (TPSA) is 69.6 Å². The van der Waals surface area contributed by atoms with E-state index in [4.69, 9.17) is 0 Å². The molecule has 0 bridgehead atoms. The summed E-state index contributed by atoms with van der Waals surface area (Å²) in [5.41, 5.74) is 0. The van der Waals surface area contributed by atoms with Crippen LogP contribution in [0.3, 0.4) is 0 Å². The number of aliphatic hydroxyl groups is 2. The van der Waals surface area contributed by atoms with E-state index in [1.807, 2.05) is 0 Å². The summed E-state index contributed by atoms with van der Waals surface area (Å²) in [4.78, 5) is 12.1. The lowest BCUT2D eigenvalue weighted by Crippen LogP contribution is -2.45. The van der Waals surface area contributed by atoms with E-state index in [2.05, 4.69) is 31.3 Å². The van der Waals surface area contributed by atoms with Crippen molar-refractivity contribution in [3.05, 3.63) is 12.2 Å². The largest absolute Gasteiger partial charge is 0.394 e. The number of amides is 1. The first-order chi connectivity index (χ1) is 15.7. The Morgan fingerprint density at radius 3 is 1.72 bits per heavy atom. The van der Waals surface area contributed by atoms with Crippen molar-refractivity contribution in [3.8, 4) is 0 Å². The molecule has 3 N–H and O–H groups in total. The Hall–Kier alpha value is -0.870. The van der Waals surface area contributed by atoms with Gasteiger partial charge in [-0.05, 0) is 38.5 Å². The Morgan fingerprint density at radius 1 is 0.719 bits per heavy atom. The molecule has 0 saturated carbocycles. The van der Waals surface area contributed by atoms with Crippen LogP contribution >= 0.6 is 0 Å². The van der Waals surface area contributed by atoms with E-state index in [9.17, 15) is 15.0 Å². The first kappa shape index (κ1) is 31.1. The Bertz CT molecular complexity index is 425. The van der Waals surface area contributed by atoms with Crippen molar-refractivity contribution < 1.29 is 15.0 Å². The van der Waals surface area contributed by atoms with E-state index in [1.165, 1.54) is 89.9 Å². The van der Waals surface area contributed by atoms with E-state index in [0.717, 1.165) is 25.7 Å². The molecular formula is C28H55NO3. The van der Waals surface area contributed by atoms with E-state index in [1.54, 1.807) is 0 Å². The molecule has 0 aromatic carbocycles. The van der Waals surface area contributed by atoms with Gasteiger partial charge < -0.3 is 15.5 Å². The van der Waals surface area contributed by atoms with Crippen LogP contribution in [0.25, 0.3) is 0 Å². The lowest BCUT2D eigenvalue weighted by Gasteiger charge is -2.22. The lowest BCUT2D eigenvalue weighted by molar-refractivity contribution is -0.123. The van der Waals surface area contributed by atoms with Gasteiger partial charge in [0.15, 0.2) is 0 Å². The van der Waals surface area contributed by atoms with Crippen LogP contribution in [0.4, 0.5) is 0 Å². The number of hydrogen-bond acceptors (Lipinski definition) is 3. The average Bonchev–Trinajstić information content (AvgIpc) is 2.79. The number of carbonyl (C=O) groups is 1. The highest BCUT2D eigenvalue weighted by Gasteiger charge is 2.19. The van der Waals surface area contributed by atoms with Crippen LogP contribution < -0.4 is 5.32 Å². The fourth-order valence-corrected chi connectivity index (χ4v) is 4.06. The quantitative estimate of drug-likeness (QED) is 0.107. The van der Waals surface area contributed by atoms with E-state index < -0.39 is 12.1 Å². The van der Waals surface area contributed by atoms with Gasteiger partial charge in [-0.25, -0.2) is 0 Å². The van der Waals surface area contributed by atoms with Crippen LogP contribution in [0.1, 0.15) is 142 Å². The SMILES string of the molecule is CCCCCCC/C=C\CCCCCCCC(=O)NC(CO)C(O)CCCCCCCC. The normalized spacial score (nSPS) is 13.5. The number of nitrogens with one attached hydrogen (secondary N) is 1. The Balaban J connectivity index is 3.61. The van der Waals surface area contributed by atoms with Gasteiger partial charge in [-0.3, -0.25) is 4.79 Å². The average molecular weight is 454 g/mol. The third-order valence-corrected chi connectivity index (χ3v) is 6.28. The minimum Gasteiger partial charge on any atom is -0.394 e. The summed E-state index contributed by atoms with van der Waals surface area (Å²) in [7, 11) is 0. The highest BCUT2D eigenvalue weighted by atomic mass is 16.3. The summed E-state index contributed by atoms with van der Waals surface area (Å²) in [5.74, 6) is -0.0482. The zero-order chi connectivity index (χ0) is 23.7. The fraction of sp³-hybridized carbons (Fsp3) is 0.893. The summed E-state index contributed by atoms with van der Waals surface area (Å²) < 4.78 is 0. The smallest absolute Gasteiger partial charge is 0.220 e. The van der Waals surface area contributed by atoms with Crippen molar-refractivity contribution in [2.45, 2.75) is 154 Å². The molecule has 4 heteroatoms. The van der Waals surface area contributed by atoms with Gasteiger partial charge in [0.05, 0.1) is 18.8 Å². The third-order valence-electron chi connectivity index (χ3n) is 6.28. The zero-order valence-electron chi connectivity index (χ0n) is 21.5. The highest BCUT2D eigenvalue weighted by Crippen LogP contribution is 2.12. The predicted octanol–water partition coefficient (Wildman–Crippen LogP) is 7.22. The monoisotopic (exact) mass is 453 g/mol. The molecule has 32 heavy (non-hydrogen) atoms. The molecule has 0 aliphatic rings. The number of unbranched alkanes of at least 4 members (excludes halogenated alkanes) is 15. The van der Waals surface area contributed by atoms with Gasteiger partial charge in [-0.1, -0.05) is 109 Å². The summed E-state index contributed by atoms with van der Waals surface area (Å²) in [6.45, 7) is 4.26. The number of aliphatic hydroxyl groups excluding tert-OH is 2. The maximum absolute atomic E-state index is 12.1. The Morgan fingerprint density at radius 2 is 1.19 bits per heavy atom. The highest BCUT2D eigenvalue weighted by molar-refractivity contribution is 5.76. The third kappa shape index (κ3) is 21.0. The molecule has 0 radical (unpaired) electrons. The van der Waals surface area contributed by atoms with Gasteiger partial charge >= 0.3 is 0 Å². The van der Waals surface area contributed by atoms with Crippen molar-refractivity contribution in [2.75, 3.05) is 6.61 Å². The van der Waals surface area contributed by atoms with Crippen molar-refractivity contribution in [3.63, 3.8) is 0 Å². The number of rotatable bonds is 24. The zero-order valence-corrected chi connectivity index (χ0v) is 21.5. The molecule has 2 atom stereocenters. The molecular weight excluding hydrogens is 398 g/mol. The molecule has 1 amide bonds. The second kappa shape index (κ2) is 24.8. The molecule has 190 valence electrons. The number of hydrogen-bond donors (Lipinski definition) is 3. The second-order valence-electron chi connectivity index (χ2n) is 9.46. The van der Waals surface area contributed by atoms with Crippen LogP contribution in [-0.4, -0.2) is 34.9 Å². The maximum atomic E-state index is 12.1. The molecule has 2 unspecified atom stereocenters. The number of allylic oxidation sites excluding steroid dienone is 2. The molecule has 0 aromatic rings. The molecule has 0 rings (SSSR count). The molecule has 0 fully saturated rings. The van der Waals surface area contributed by atoms with Gasteiger partial charge in [-0.2, -0.15) is 0 Å².